The summed E-state index contributed by atoms with van der Waals surface area (Å²) in [7, 11) is 1.43. The number of carbonyl (C=O) groups is 2. The summed E-state index contributed by atoms with van der Waals surface area (Å²) in [5.41, 5.74) is 0.0151. The molecule has 0 aromatic heterocycles. The summed E-state index contributed by atoms with van der Waals surface area (Å²) >= 11 is 0. The molecule has 110 valence electrons. The van der Waals surface area contributed by atoms with Crippen molar-refractivity contribution in [3.63, 3.8) is 0 Å². The number of nitrogens with one attached hydrogen (secondary N) is 2. The molecule has 0 bridgehead atoms. The Hall–Kier alpha value is -2.75. The van der Waals surface area contributed by atoms with Crippen molar-refractivity contribution in [2.24, 2.45) is 5.41 Å². The van der Waals surface area contributed by atoms with Crippen molar-refractivity contribution >= 4 is 17.7 Å². The SMILES string of the molecule is COc1cc(C#N)ccc1NC(=O)NCC1(C(=O)O)CC1. The van der Waals surface area contributed by atoms with Crippen LogP contribution in [0.25, 0.3) is 0 Å². The van der Waals surface area contributed by atoms with Gasteiger partial charge >= 0.3 is 12.0 Å². The largest absolute Gasteiger partial charge is 0.495 e. The molecule has 1 aromatic rings. The number of aliphatic carboxylic acids is 1. The Morgan fingerprint density at radius 3 is 2.71 bits per heavy atom. The number of hydrogen-bond donors (Lipinski definition) is 3. The Morgan fingerprint density at radius 2 is 2.19 bits per heavy atom. The van der Waals surface area contributed by atoms with Crippen LogP contribution in [0.4, 0.5) is 10.5 Å². The molecule has 1 saturated carbocycles. The molecule has 0 aliphatic heterocycles. The zero-order valence-corrected chi connectivity index (χ0v) is 11.5. The van der Waals surface area contributed by atoms with Crippen molar-refractivity contribution in [1.29, 1.82) is 5.26 Å². The number of benzene rings is 1. The average molecular weight is 289 g/mol. The van der Waals surface area contributed by atoms with Crippen molar-refractivity contribution in [3.8, 4) is 11.8 Å². The van der Waals surface area contributed by atoms with E-state index in [0.717, 1.165) is 0 Å². The van der Waals surface area contributed by atoms with Gasteiger partial charge in [-0.1, -0.05) is 0 Å². The standard InChI is InChI=1S/C14H15N3O4/c1-21-11-6-9(7-15)2-3-10(11)17-13(20)16-8-14(4-5-14)12(18)19/h2-3,6H,4-5,8H2,1H3,(H,18,19)(H2,16,17,20). The lowest BCUT2D eigenvalue weighted by Gasteiger charge is -2.13. The molecule has 1 fully saturated rings. The molecular weight excluding hydrogens is 274 g/mol. The molecule has 1 aromatic carbocycles. The van der Waals surface area contributed by atoms with Gasteiger partial charge in [0, 0.05) is 12.6 Å². The first kappa shape index (κ1) is 14.7. The maximum Gasteiger partial charge on any atom is 0.319 e. The number of urea groups is 1. The van der Waals surface area contributed by atoms with Crippen molar-refractivity contribution in [2.45, 2.75) is 12.8 Å². The van der Waals surface area contributed by atoms with E-state index in [0.29, 0.717) is 29.8 Å². The predicted molar refractivity (Wildman–Crippen MR) is 74.0 cm³/mol. The van der Waals surface area contributed by atoms with Crippen molar-refractivity contribution < 1.29 is 19.4 Å². The first-order chi connectivity index (χ1) is 10.0. The Morgan fingerprint density at radius 1 is 1.48 bits per heavy atom. The molecule has 0 spiro atoms. The van der Waals surface area contributed by atoms with Crippen LogP contribution in [0.2, 0.25) is 0 Å². The second-order valence-electron chi connectivity index (χ2n) is 4.92. The minimum atomic E-state index is -0.890. The van der Waals surface area contributed by atoms with E-state index in [4.69, 9.17) is 15.1 Å². The average Bonchev–Trinajstić information content (AvgIpc) is 3.27. The fourth-order valence-corrected chi connectivity index (χ4v) is 1.90. The summed E-state index contributed by atoms with van der Waals surface area (Å²) in [6.45, 7) is 0.0900. The molecule has 0 radical (unpaired) electrons. The molecule has 0 atom stereocenters. The number of methoxy groups -OCH3 is 1. The van der Waals surface area contributed by atoms with E-state index < -0.39 is 17.4 Å². The van der Waals surface area contributed by atoms with Crippen LogP contribution in [-0.4, -0.2) is 30.8 Å². The van der Waals surface area contributed by atoms with Gasteiger partial charge in [0.1, 0.15) is 5.75 Å². The topological polar surface area (TPSA) is 111 Å². The first-order valence-electron chi connectivity index (χ1n) is 6.37. The molecule has 1 aliphatic carbocycles. The van der Waals surface area contributed by atoms with Gasteiger partial charge < -0.3 is 20.5 Å². The van der Waals surface area contributed by atoms with Crippen LogP contribution in [0.1, 0.15) is 18.4 Å². The van der Waals surface area contributed by atoms with Crippen molar-refractivity contribution in [1.82, 2.24) is 5.32 Å². The maximum absolute atomic E-state index is 11.8. The second kappa shape index (κ2) is 5.71. The normalized spacial score (nSPS) is 14.7. The highest BCUT2D eigenvalue weighted by atomic mass is 16.5. The Kier molecular flexibility index (Phi) is 3.98. The quantitative estimate of drug-likeness (QED) is 0.761. The maximum atomic E-state index is 11.8. The molecule has 2 amide bonds. The lowest BCUT2D eigenvalue weighted by molar-refractivity contribution is -0.143. The lowest BCUT2D eigenvalue weighted by Crippen LogP contribution is -2.36. The monoisotopic (exact) mass is 289 g/mol. The van der Waals surface area contributed by atoms with Crippen LogP contribution in [0.5, 0.6) is 5.75 Å². The van der Waals surface area contributed by atoms with Gasteiger partial charge in [0.2, 0.25) is 0 Å². The van der Waals surface area contributed by atoms with Crippen LogP contribution in [0, 0.1) is 16.7 Å². The minimum absolute atomic E-state index is 0.0900. The highest BCUT2D eigenvalue weighted by Crippen LogP contribution is 2.45. The number of ether oxygens (including phenoxy) is 1. The van der Waals surface area contributed by atoms with Crippen LogP contribution >= 0.6 is 0 Å². The van der Waals surface area contributed by atoms with Crippen LogP contribution in [0.15, 0.2) is 18.2 Å². The lowest BCUT2D eigenvalue weighted by atomic mass is 10.1. The third-order valence-electron chi connectivity index (χ3n) is 3.47. The van der Waals surface area contributed by atoms with Gasteiger partial charge in [-0.05, 0) is 25.0 Å². The number of carboxylic acid groups (broad SMARTS) is 1. The molecule has 0 heterocycles. The van der Waals surface area contributed by atoms with Crippen LogP contribution < -0.4 is 15.4 Å². The zero-order valence-electron chi connectivity index (χ0n) is 11.5. The number of rotatable bonds is 5. The molecule has 7 heteroatoms. The molecule has 0 saturated heterocycles. The number of nitriles is 1. The smallest absolute Gasteiger partial charge is 0.319 e. The van der Waals surface area contributed by atoms with Gasteiger partial charge in [0.05, 0.1) is 29.8 Å². The van der Waals surface area contributed by atoms with Gasteiger partial charge in [0.25, 0.3) is 0 Å². The van der Waals surface area contributed by atoms with Crippen LogP contribution in [-0.2, 0) is 4.79 Å². The molecule has 7 nitrogen and oxygen atoms in total. The summed E-state index contributed by atoms with van der Waals surface area (Å²) in [4.78, 5) is 22.8. The second-order valence-corrected chi connectivity index (χ2v) is 4.92. The van der Waals surface area contributed by atoms with Gasteiger partial charge in [-0.25, -0.2) is 4.79 Å². The van der Waals surface area contributed by atoms with E-state index in [2.05, 4.69) is 10.6 Å². The summed E-state index contributed by atoms with van der Waals surface area (Å²) in [5, 5.41) is 22.9. The van der Waals surface area contributed by atoms with Gasteiger partial charge in [-0.15, -0.1) is 0 Å². The third-order valence-corrected chi connectivity index (χ3v) is 3.47. The predicted octanol–water partition coefficient (Wildman–Crippen LogP) is 1.55. The number of nitrogens with zero attached hydrogens (tertiary/aromatic N) is 1. The Bertz CT molecular complexity index is 617. The Labute approximate surface area is 121 Å². The fourth-order valence-electron chi connectivity index (χ4n) is 1.90. The Balaban J connectivity index is 1.97. The van der Waals surface area contributed by atoms with E-state index in [-0.39, 0.29) is 6.54 Å². The summed E-state index contributed by atoms with van der Waals surface area (Å²) in [6.07, 6.45) is 1.14. The molecule has 2 rings (SSSR count). The van der Waals surface area contributed by atoms with E-state index in [9.17, 15) is 9.59 Å². The zero-order chi connectivity index (χ0) is 15.5. The summed E-state index contributed by atoms with van der Waals surface area (Å²) < 4.78 is 5.10. The van der Waals surface area contributed by atoms with E-state index in [1.165, 1.54) is 13.2 Å². The number of anilines is 1. The van der Waals surface area contributed by atoms with E-state index >= 15 is 0 Å². The van der Waals surface area contributed by atoms with Crippen molar-refractivity contribution in [2.75, 3.05) is 19.0 Å². The van der Waals surface area contributed by atoms with Gasteiger partial charge in [0.15, 0.2) is 0 Å². The number of hydrogen-bond acceptors (Lipinski definition) is 4. The highest BCUT2D eigenvalue weighted by Gasteiger charge is 2.50. The summed E-state index contributed by atoms with van der Waals surface area (Å²) in [5.74, 6) is -0.526. The molecule has 0 unspecified atom stereocenters. The molecule has 1 aliphatic rings. The first-order valence-corrected chi connectivity index (χ1v) is 6.37. The molecule has 3 N–H and O–H groups in total. The minimum Gasteiger partial charge on any atom is -0.495 e. The molecular formula is C14H15N3O4. The highest BCUT2D eigenvalue weighted by molar-refractivity contribution is 5.91. The van der Waals surface area contributed by atoms with Crippen LogP contribution in [0.3, 0.4) is 0 Å². The number of carboxylic acids is 1. The van der Waals surface area contributed by atoms with E-state index in [1.54, 1.807) is 12.1 Å². The van der Waals surface area contributed by atoms with Gasteiger partial charge in [-0.3, -0.25) is 4.79 Å². The molecule has 21 heavy (non-hydrogen) atoms. The van der Waals surface area contributed by atoms with Gasteiger partial charge in [-0.2, -0.15) is 5.26 Å². The number of amides is 2. The van der Waals surface area contributed by atoms with E-state index in [1.807, 2.05) is 6.07 Å². The van der Waals surface area contributed by atoms with Crippen molar-refractivity contribution in [3.05, 3.63) is 23.8 Å². The fraction of sp³-hybridized carbons (Fsp3) is 0.357. The number of carbonyl (C=O) groups excluding carboxylic acids is 1. The third kappa shape index (κ3) is 3.23. The summed E-state index contributed by atoms with van der Waals surface area (Å²) in [6, 6.07) is 6.08.